The highest BCUT2D eigenvalue weighted by Crippen LogP contribution is 2.40. The van der Waals surface area contributed by atoms with Crippen molar-refractivity contribution in [2.45, 2.75) is 38.9 Å². The van der Waals surface area contributed by atoms with Gasteiger partial charge in [-0.25, -0.2) is 9.18 Å². The lowest BCUT2D eigenvalue weighted by atomic mass is 10.00. The lowest BCUT2D eigenvalue weighted by Gasteiger charge is -2.20. The fourth-order valence-electron chi connectivity index (χ4n) is 3.06. The zero-order valence-corrected chi connectivity index (χ0v) is 17.0. The van der Waals surface area contributed by atoms with Gasteiger partial charge in [-0.3, -0.25) is 0 Å². The van der Waals surface area contributed by atoms with Crippen LogP contribution in [-0.2, 0) is 11.2 Å². The number of halogens is 2. The van der Waals surface area contributed by atoms with Crippen molar-refractivity contribution in [3.05, 3.63) is 46.7 Å². The Kier molecular flexibility index (Phi) is 5.70. The van der Waals surface area contributed by atoms with Gasteiger partial charge in [0, 0.05) is 17.5 Å². The molecule has 0 aromatic heterocycles. The van der Waals surface area contributed by atoms with E-state index >= 15 is 0 Å². The van der Waals surface area contributed by atoms with Crippen LogP contribution in [0.4, 0.5) is 9.18 Å². The smallest absolute Gasteiger partial charge is 0.407 e. The largest absolute Gasteiger partial charge is 0.494 e. The molecule has 2 aromatic rings. The number of carbonyl (C=O) groups excluding carboxylic acids is 1. The van der Waals surface area contributed by atoms with E-state index in [-0.39, 0.29) is 18.4 Å². The first-order valence-electron chi connectivity index (χ1n) is 8.96. The van der Waals surface area contributed by atoms with Gasteiger partial charge in [0.15, 0.2) is 11.6 Å². The highest BCUT2D eigenvalue weighted by Gasteiger charge is 2.27. The molecule has 150 valence electrons. The van der Waals surface area contributed by atoms with Gasteiger partial charge in [-0.1, -0.05) is 23.7 Å². The van der Waals surface area contributed by atoms with Gasteiger partial charge in [-0.2, -0.15) is 0 Å². The second kappa shape index (κ2) is 7.87. The van der Waals surface area contributed by atoms with Crippen LogP contribution >= 0.6 is 11.6 Å². The maximum Gasteiger partial charge on any atom is 0.407 e. The Balaban J connectivity index is 1.75. The average molecular weight is 408 g/mol. The summed E-state index contributed by atoms with van der Waals surface area (Å²) in [6, 6.07) is 8.49. The van der Waals surface area contributed by atoms with Crippen LogP contribution < -0.4 is 14.8 Å². The lowest BCUT2D eigenvalue weighted by molar-refractivity contribution is 0.0506. The molecular weight excluding hydrogens is 385 g/mol. The molecule has 1 heterocycles. The number of alkyl carbamates (subject to hydrolysis) is 1. The van der Waals surface area contributed by atoms with Crippen LogP contribution in [0.5, 0.6) is 11.5 Å². The van der Waals surface area contributed by atoms with Crippen molar-refractivity contribution >= 4 is 17.7 Å². The molecule has 1 atom stereocenters. The number of fused-ring (bicyclic) bond motifs is 1. The minimum atomic E-state index is -0.567. The molecule has 0 spiro atoms. The van der Waals surface area contributed by atoms with Gasteiger partial charge < -0.3 is 19.5 Å². The molecule has 28 heavy (non-hydrogen) atoms. The highest BCUT2D eigenvalue weighted by atomic mass is 35.5. The Morgan fingerprint density at radius 2 is 2.11 bits per heavy atom. The maximum absolute atomic E-state index is 14.6. The summed E-state index contributed by atoms with van der Waals surface area (Å²) in [6.07, 6.45) is -0.229. The quantitative estimate of drug-likeness (QED) is 0.776. The van der Waals surface area contributed by atoms with E-state index in [0.29, 0.717) is 28.3 Å². The molecule has 0 bridgehead atoms. The number of methoxy groups -OCH3 is 1. The van der Waals surface area contributed by atoms with E-state index in [1.54, 1.807) is 45.0 Å². The number of hydrogen-bond acceptors (Lipinski definition) is 4. The van der Waals surface area contributed by atoms with Gasteiger partial charge in [-0.05, 0) is 44.5 Å². The summed E-state index contributed by atoms with van der Waals surface area (Å²) in [5.41, 5.74) is 1.34. The van der Waals surface area contributed by atoms with Gasteiger partial charge in [0.05, 0.1) is 18.7 Å². The molecule has 2 aromatic carbocycles. The Bertz CT molecular complexity index is 895. The van der Waals surface area contributed by atoms with Crippen LogP contribution in [-0.4, -0.2) is 31.5 Å². The zero-order chi connectivity index (χ0) is 20.5. The van der Waals surface area contributed by atoms with E-state index in [1.165, 1.54) is 7.11 Å². The second-order valence-electron chi connectivity index (χ2n) is 7.59. The van der Waals surface area contributed by atoms with Crippen molar-refractivity contribution in [3.63, 3.8) is 0 Å². The summed E-state index contributed by atoms with van der Waals surface area (Å²) in [5.74, 6) is 0.289. The number of benzene rings is 2. The first-order valence-corrected chi connectivity index (χ1v) is 9.34. The molecule has 5 nitrogen and oxygen atoms in total. The van der Waals surface area contributed by atoms with Crippen LogP contribution in [0.2, 0.25) is 5.02 Å². The summed E-state index contributed by atoms with van der Waals surface area (Å²) in [6.45, 7) is 5.68. The predicted octanol–water partition coefficient (Wildman–Crippen LogP) is 4.98. The van der Waals surface area contributed by atoms with E-state index in [0.717, 1.165) is 5.56 Å². The average Bonchev–Trinajstić information content (AvgIpc) is 3.02. The van der Waals surface area contributed by atoms with Crippen molar-refractivity contribution in [1.29, 1.82) is 0 Å². The molecule has 1 aliphatic rings. The second-order valence-corrected chi connectivity index (χ2v) is 8.00. The first kappa shape index (κ1) is 20.3. The zero-order valence-electron chi connectivity index (χ0n) is 16.3. The fourth-order valence-corrected chi connectivity index (χ4v) is 3.34. The monoisotopic (exact) mass is 407 g/mol. The molecule has 1 unspecified atom stereocenters. The predicted molar refractivity (Wildman–Crippen MR) is 106 cm³/mol. The Morgan fingerprint density at radius 3 is 2.79 bits per heavy atom. The fraction of sp³-hybridized carbons (Fsp3) is 0.381. The van der Waals surface area contributed by atoms with Crippen molar-refractivity contribution < 1.29 is 23.4 Å². The number of nitrogens with one attached hydrogen (secondary N) is 1. The van der Waals surface area contributed by atoms with E-state index in [2.05, 4.69) is 5.32 Å². The number of amides is 1. The van der Waals surface area contributed by atoms with Gasteiger partial charge in [-0.15, -0.1) is 0 Å². The van der Waals surface area contributed by atoms with E-state index in [9.17, 15) is 9.18 Å². The third kappa shape index (κ3) is 4.50. The van der Waals surface area contributed by atoms with Crippen molar-refractivity contribution in [2.24, 2.45) is 0 Å². The van der Waals surface area contributed by atoms with Crippen molar-refractivity contribution in [1.82, 2.24) is 5.32 Å². The normalized spacial score (nSPS) is 15.6. The summed E-state index contributed by atoms with van der Waals surface area (Å²) < 4.78 is 30.7. The van der Waals surface area contributed by atoms with Crippen molar-refractivity contribution in [2.75, 3.05) is 13.7 Å². The number of hydrogen-bond donors (Lipinski definition) is 1. The molecule has 0 fully saturated rings. The highest BCUT2D eigenvalue weighted by molar-refractivity contribution is 6.32. The molecule has 1 amide bonds. The summed E-state index contributed by atoms with van der Waals surface area (Å²) in [4.78, 5) is 11.8. The minimum Gasteiger partial charge on any atom is -0.494 e. The molecule has 1 aliphatic heterocycles. The van der Waals surface area contributed by atoms with Crippen molar-refractivity contribution in [3.8, 4) is 22.6 Å². The van der Waals surface area contributed by atoms with Gasteiger partial charge >= 0.3 is 6.09 Å². The molecule has 0 radical (unpaired) electrons. The van der Waals surface area contributed by atoms with Crippen LogP contribution in [0.1, 0.15) is 26.3 Å². The van der Waals surface area contributed by atoms with Crippen LogP contribution in [0.15, 0.2) is 30.3 Å². The molecule has 0 aliphatic carbocycles. The third-order valence-corrected chi connectivity index (χ3v) is 4.50. The molecule has 0 saturated heterocycles. The minimum absolute atomic E-state index is 0.171. The molecular formula is C21H23ClFNO4. The van der Waals surface area contributed by atoms with Crippen LogP contribution in [0.3, 0.4) is 0 Å². The number of carbonyl (C=O) groups is 1. The molecule has 1 N–H and O–H groups in total. The molecule has 7 heteroatoms. The van der Waals surface area contributed by atoms with E-state index < -0.39 is 17.5 Å². The van der Waals surface area contributed by atoms with Gasteiger partial charge in [0.1, 0.15) is 17.5 Å². The summed E-state index contributed by atoms with van der Waals surface area (Å²) in [7, 11) is 1.42. The number of ether oxygens (including phenoxy) is 3. The standard InChI is InChI=1S/C21H23ClFNO4/c1-21(2,3)28-20(25)24-11-14-9-13-8-12(10-16(22)19(13)27-14)15-6-5-7-17(26-4)18(15)23/h5-8,10,14H,9,11H2,1-4H3,(H,24,25). The Hall–Kier alpha value is -2.47. The molecule has 3 rings (SSSR count). The topological polar surface area (TPSA) is 56.8 Å². The van der Waals surface area contributed by atoms with E-state index in [4.69, 9.17) is 25.8 Å². The van der Waals surface area contributed by atoms with E-state index in [1.807, 2.05) is 6.07 Å². The third-order valence-electron chi connectivity index (χ3n) is 4.22. The lowest BCUT2D eigenvalue weighted by Crippen LogP contribution is -2.38. The summed E-state index contributed by atoms with van der Waals surface area (Å²) in [5, 5.41) is 3.10. The maximum atomic E-state index is 14.6. The van der Waals surface area contributed by atoms with Gasteiger partial charge in [0.2, 0.25) is 0 Å². The Labute approximate surface area is 168 Å². The van der Waals surface area contributed by atoms with Gasteiger partial charge in [0.25, 0.3) is 0 Å². The first-order chi connectivity index (χ1) is 13.2. The molecule has 0 saturated carbocycles. The number of rotatable bonds is 4. The van der Waals surface area contributed by atoms with Crippen LogP contribution in [0.25, 0.3) is 11.1 Å². The Morgan fingerprint density at radius 1 is 1.36 bits per heavy atom. The SMILES string of the molecule is COc1cccc(-c2cc(Cl)c3c(c2)CC(CNC(=O)OC(C)(C)C)O3)c1F. The van der Waals surface area contributed by atoms with Crippen LogP contribution in [0, 0.1) is 5.82 Å². The summed E-state index contributed by atoms with van der Waals surface area (Å²) >= 11 is 6.38.